The summed E-state index contributed by atoms with van der Waals surface area (Å²) in [6, 6.07) is 14.3. The maximum absolute atomic E-state index is 12.7. The van der Waals surface area contributed by atoms with Crippen LogP contribution in [-0.2, 0) is 16.1 Å². The van der Waals surface area contributed by atoms with Gasteiger partial charge in [0.25, 0.3) is 5.91 Å². The minimum Gasteiger partial charge on any atom is -0.490 e. The van der Waals surface area contributed by atoms with E-state index in [2.05, 4.69) is 44.1 Å². The van der Waals surface area contributed by atoms with Crippen LogP contribution in [-0.4, -0.2) is 87.6 Å². The van der Waals surface area contributed by atoms with Crippen LogP contribution in [0.4, 0.5) is 8.78 Å². The number of imidazole rings is 1. The smallest absolute Gasteiger partial charge is 0.315 e. The number of likely N-dealkylation sites (tertiary alicyclic amines) is 1. The van der Waals surface area contributed by atoms with Crippen LogP contribution in [0.1, 0.15) is 24.0 Å². The summed E-state index contributed by atoms with van der Waals surface area (Å²) in [4.78, 5) is 32.2. The molecule has 0 unspecified atom stereocenters. The summed E-state index contributed by atoms with van der Waals surface area (Å²) in [6.07, 6.45) is -0.564. The average molecular weight is 563 g/mol. The van der Waals surface area contributed by atoms with Gasteiger partial charge < -0.3 is 19.4 Å². The zero-order chi connectivity index (χ0) is 28.3. The maximum atomic E-state index is 12.7. The number of morpholine rings is 1. The summed E-state index contributed by atoms with van der Waals surface area (Å²) in [6.45, 7) is 6.85. The fourth-order valence-electron chi connectivity index (χ4n) is 5.41. The summed E-state index contributed by atoms with van der Waals surface area (Å²) < 4.78 is 37.1. The van der Waals surface area contributed by atoms with Crippen LogP contribution < -0.4 is 4.74 Å². The zero-order valence-electron chi connectivity index (χ0n) is 22.9. The van der Waals surface area contributed by atoms with Gasteiger partial charge in [0.15, 0.2) is 5.65 Å². The molecule has 2 saturated heterocycles. The maximum Gasteiger partial charge on any atom is 0.315 e. The van der Waals surface area contributed by atoms with Crippen molar-refractivity contribution < 1.29 is 23.0 Å². The fraction of sp³-hybridized carbons (Fsp3) is 0.400. The van der Waals surface area contributed by atoms with E-state index in [-0.39, 0.29) is 19.2 Å². The number of rotatable bonds is 7. The molecule has 0 spiro atoms. The molecule has 2 aromatic heterocycles. The molecule has 2 fully saturated rings. The van der Waals surface area contributed by atoms with Crippen molar-refractivity contribution in [1.29, 1.82) is 0 Å². The predicted molar refractivity (Wildman–Crippen MR) is 150 cm³/mol. The van der Waals surface area contributed by atoms with Gasteiger partial charge in [0.2, 0.25) is 0 Å². The summed E-state index contributed by atoms with van der Waals surface area (Å²) in [5, 5.41) is 0. The van der Waals surface area contributed by atoms with Crippen molar-refractivity contribution in [2.45, 2.75) is 38.8 Å². The molecule has 4 aromatic rings. The zero-order valence-corrected chi connectivity index (χ0v) is 22.9. The molecule has 0 radical (unpaired) electrons. The van der Waals surface area contributed by atoms with Crippen LogP contribution in [0.2, 0.25) is 0 Å². The SMILES string of the molecule is Cc1cc(-c2ncnc3nc(-c4ccc(CN5CCOCC5)cc4)[nH]c23)ccc1OC1CCN(C(=O)C(F)F)CC1. The first-order valence-electron chi connectivity index (χ1n) is 13.9. The molecule has 214 valence electrons. The van der Waals surface area contributed by atoms with Gasteiger partial charge in [-0.25, -0.2) is 15.0 Å². The van der Waals surface area contributed by atoms with E-state index < -0.39 is 12.3 Å². The van der Waals surface area contributed by atoms with Gasteiger partial charge in [0, 0.05) is 56.7 Å². The van der Waals surface area contributed by atoms with Gasteiger partial charge in [-0.2, -0.15) is 8.78 Å². The summed E-state index contributed by atoms with van der Waals surface area (Å²) in [5.74, 6) is 0.344. The number of H-pyrrole nitrogens is 1. The lowest BCUT2D eigenvalue weighted by Gasteiger charge is -2.32. The number of nitrogens with one attached hydrogen (secondary N) is 1. The first-order valence-corrected chi connectivity index (χ1v) is 13.9. The molecule has 0 bridgehead atoms. The number of fused-ring (bicyclic) bond motifs is 1. The second-order valence-electron chi connectivity index (χ2n) is 10.5. The van der Waals surface area contributed by atoms with Gasteiger partial charge in [-0.3, -0.25) is 9.69 Å². The Morgan fingerprint density at radius 3 is 2.49 bits per heavy atom. The number of alkyl halides is 2. The van der Waals surface area contributed by atoms with Gasteiger partial charge in [-0.05, 0) is 36.2 Å². The van der Waals surface area contributed by atoms with Crippen molar-refractivity contribution in [2.75, 3.05) is 39.4 Å². The molecule has 2 aliphatic rings. The van der Waals surface area contributed by atoms with Gasteiger partial charge in [-0.1, -0.05) is 24.3 Å². The highest BCUT2D eigenvalue weighted by molar-refractivity contribution is 5.89. The number of nitrogens with zero attached hydrogens (tertiary/aromatic N) is 5. The number of ether oxygens (including phenoxy) is 2. The van der Waals surface area contributed by atoms with E-state index in [1.807, 2.05) is 25.1 Å². The Balaban J connectivity index is 1.16. The molecule has 4 heterocycles. The Hall–Kier alpha value is -3.96. The number of aromatic nitrogens is 4. The minimum atomic E-state index is -2.97. The van der Waals surface area contributed by atoms with Crippen LogP contribution in [0.3, 0.4) is 0 Å². The van der Waals surface area contributed by atoms with Crippen LogP contribution in [0.25, 0.3) is 33.8 Å². The Morgan fingerprint density at radius 2 is 1.78 bits per heavy atom. The van der Waals surface area contributed by atoms with Gasteiger partial charge >= 0.3 is 6.43 Å². The highest BCUT2D eigenvalue weighted by Gasteiger charge is 2.29. The number of hydrogen-bond donors (Lipinski definition) is 1. The lowest BCUT2D eigenvalue weighted by molar-refractivity contribution is -0.144. The Kier molecular flexibility index (Phi) is 7.89. The first kappa shape index (κ1) is 27.2. The number of benzene rings is 2. The second-order valence-corrected chi connectivity index (χ2v) is 10.5. The van der Waals surface area contributed by atoms with Crippen molar-refractivity contribution >= 4 is 17.1 Å². The fourth-order valence-corrected chi connectivity index (χ4v) is 5.41. The molecular weight excluding hydrogens is 530 g/mol. The molecule has 11 heteroatoms. The quantitative estimate of drug-likeness (QED) is 0.355. The number of carbonyl (C=O) groups excluding carboxylic acids is 1. The van der Waals surface area contributed by atoms with Crippen molar-refractivity contribution in [1.82, 2.24) is 29.7 Å². The molecule has 2 aliphatic heterocycles. The van der Waals surface area contributed by atoms with E-state index in [0.29, 0.717) is 18.5 Å². The molecule has 2 aromatic carbocycles. The monoisotopic (exact) mass is 562 g/mol. The largest absolute Gasteiger partial charge is 0.490 e. The Bertz CT molecular complexity index is 1510. The summed E-state index contributed by atoms with van der Waals surface area (Å²) in [5.41, 5.74) is 6.13. The van der Waals surface area contributed by atoms with E-state index in [4.69, 9.17) is 14.5 Å². The lowest BCUT2D eigenvalue weighted by Crippen LogP contribution is -2.44. The second kappa shape index (κ2) is 11.9. The van der Waals surface area contributed by atoms with E-state index in [1.165, 1.54) is 16.8 Å². The van der Waals surface area contributed by atoms with Crippen LogP contribution >= 0.6 is 0 Å². The highest BCUT2D eigenvalue weighted by atomic mass is 19.3. The van der Waals surface area contributed by atoms with Gasteiger partial charge in [0.1, 0.15) is 29.5 Å². The number of halogens is 2. The van der Waals surface area contributed by atoms with E-state index in [9.17, 15) is 13.6 Å². The molecular formula is C30H32F2N6O3. The number of aryl methyl sites for hydroxylation is 1. The summed E-state index contributed by atoms with van der Waals surface area (Å²) >= 11 is 0. The number of hydrogen-bond acceptors (Lipinski definition) is 7. The van der Waals surface area contributed by atoms with Crippen molar-refractivity contribution in [2.24, 2.45) is 0 Å². The molecule has 1 amide bonds. The molecule has 41 heavy (non-hydrogen) atoms. The molecule has 0 atom stereocenters. The molecule has 0 saturated carbocycles. The molecule has 1 N–H and O–H groups in total. The van der Waals surface area contributed by atoms with Crippen molar-refractivity contribution in [3.8, 4) is 28.4 Å². The van der Waals surface area contributed by atoms with Crippen molar-refractivity contribution in [3.05, 3.63) is 59.9 Å². The third-order valence-corrected chi connectivity index (χ3v) is 7.71. The third kappa shape index (κ3) is 6.06. The van der Waals surface area contributed by atoms with Gasteiger partial charge in [0.05, 0.1) is 18.9 Å². The van der Waals surface area contributed by atoms with E-state index in [1.54, 1.807) is 0 Å². The third-order valence-electron chi connectivity index (χ3n) is 7.71. The normalized spacial score (nSPS) is 16.9. The highest BCUT2D eigenvalue weighted by Crippen LogP contribution is 2.31. The van der Waals surface area contributed by atoms with Crippen molar-refractivity contribution in [3.63, 3.8) is 0 Å². The Morgan fingerprint density at radius 1 is 1.05 bits per heavy atom. The molecule has 9 nitrogen and oxygen atoms in total. The van der Waals surface area contributed by atoms with Crippen LogP contribution in [0.15, 0.2) is 48.8 Å². The molecule has 6 rings (SSSR count). The topological polar surface area (TPSA) is 96.5 Å². The van der Waals surface area contributed by atoms with E-state index in [0.717, 1.165) is 72.3 Å². The first-order chi connectivity index (χ1) is 19.9. The number of piperidine rings is 1. The number of carbonyl (C=O) groups is 1. The lowest BCUT2D eigenvalue weighted by atomic mass is 10.1. The molecule has 0 aliphatic carbocycles. The number of aromatic amines is 1. The average Bonchev–Trinajstić information content (AvgIpc) is 3.44. The summed E-state index contributed by atoms with van der Waals surface area (Å²) in [7, 11) is 0. The Labute approximate surface area is 236 Å². The number of amides is 1. The van der Waals surface area contributed by atoms with Gasteiger partial charge in [-0.15, -0.1) is 0 Å². The predicted octanol–water partition coefficient (Wildman–Crippen LogP) is 4.46. The van der Waals surface area contributed by atoms with Crippen LogP contribution in [0.5, 0.6) is 5.75 Å². The standard InChI is InChI=1S/C30H32F2N6O3/c1-19-16-22(6-7-24(19)41-23-8-10-38(11-9-23)30(39)27(31)32)25-26-29(34-18-33-25)36-28(35-26)21-4-2-20(3-5-21)17-37-12-14-40-15-13-37/h2-7,16,18,23,27H,8-15,17H2,1H3,(H,33,34,35,36). The van der Waals surface area contributed by atoms with Crippen LogP contribution in [0, 0.1) is 6.92 Å². The van der Waals surface area contributed by atoms with E-state index >= 15 is 0 Å². The minimum absolute atomic E-state index is 0.137.